The summed E-state index contributed by atoms with van der Waals surface area (Å²) < 4.78 is 14.5. The predicted octanol–water partition coefficient (Wildman–Crippen LogP) is 4.59. The van der Waals surface area contributed by atoms with E-state index < -0.39 is 11.7 Å². The highest BCUT2D eigenvalue weighted by molar-refractivity contribution is 6.30. The third-order valence-corrected chi connectivity index (χ3v) is 4.43. The molecule has 1 aromatic carbocycles. The molecule has 0 atom stereocenters. The van der Waals surface area contributed by atoms with Crippen LogP contribution in [-0.4, -0.2) is 20.7 Å². The van der Waals surface area contributed by atoms with Gasteiger partial charge in [-0.15, -0.1) is 0 Å². The molecule has 4 rings (SSSR count). The fourth-order valence-corrected chi connectivity index (χ4v) is 2.91. The Morgan fingerprint density at radius 1 is 1.11 bits per heavy atom. The van der Waals surface area contributed by atoms with Crippen molar-refractivity contribution in [1.82, 2.24) is 15.0 Å². The molecule has 0 radical (unpaired) electrons. The SMILES string of the molecule is O=C(c1ccc(NCc2ccc(Cl)cc2)nc1F)c1c[nH]c2ncccc12. The average molecular weight is 381 g/mol. The third-order valence-electron chi connectivity index (χ3n) is 4.18. The van der Waals surface area contributed by atoms with Crippen molar-refractivity contribution in [3.63, 3.8) is 0 Å². The molecule has 3 heterocycles. The van der Waals surface area contributed by atoms with Gasteiger partial charge in [0.05, 0.1) is 5.56 Å². The lowest BCUT2D eigenvalue weighted by molar-refractivity contribution is 0.103. The normalized spacial score (nSPS) is 10.9. The number of benzene rings is 1. The second-order valence-corrected chi connectivity index (χ2v) is 6.38. The number of carbonyl (C=O) groups is 1. The van der Waals surface area contributed by atoms with Crippen LogP contribution in [0.2, 0.25) is 5.02 Å². The Labute approximate surface area is 159 Å². The second-order valence-electron chi connectivity index (χ2n) is 5.95. The van der Waals surface area contributed by atoms with Crippen molar-refractivity contribution >= 4 is 34.2 Å². The molecule has 0 bridgehead atoms. The van der Waals surface area contributed by atoms with Gasteiger partial charge in [0.2, 0.25) is 5.95 Å². The fourth-order valence-electron chi connectivity index (χ4n) is 2.79. The molecule has 134 valence electrons. The Balaban J connectivity index is 1.54. The average Bonchev–Trinajstić information content (AvgIpc) is 3.11. The number of nitrogens with one attached hydrogen (secondary N) is 2. The van der Waals surface area contributed by atoms with Crippen molar-refractivity contribution in [3.8, 4) is 0 Å². The fraction of sp³-hybridized carbons (Fsp3) is 0.0500. The zero-order valence-electron chi connectivity index (χ0n) is 14.0. The van der Waals surface area contributed by atoms with Crippen LogP contribution in [0.3, 0.4) is 0 Å². The molecule has 0 saturated heterocycles. The molecule has 0 spiro atoms. The van der Waals surface area contributed by atoms with E-state index in [0.29, 0.717) is 34.0 Å². The second kappa shape index (κ2) is 7.17. The molecule has 0 fully saturated rings. The van der Waals surface area contributed by atoms with Crippen molar-refractivity contribution in [3.05, 3.63) is 88.6 Å². The smallest absolute Gasteiger partial charge is 0.226 e. The van der Waals surface area contributed by atoms with Gasteiger partial charge in [-0.25, -0.2) is 9.97 Å². The molecule has 4 aromatic rings. The number of H-pyrrole nitrogens is 1. The van der Waals surface area contributed by atoms with E-state index in [-0.39, 0.29) is 5.56 Å². The molecule has 0 aliphatic rings. The molecule has 0 aliphatic heterocycles. The van der Waals surface area contributed by atoms with E-state index >= 15 is 0 Å². The lowest BCUT2D eigenvalue weighted by Crippen LogP contribution is -2.08. The number of fused-ring (bicyclic) bond motifs is 1. The maximum absolute atomic E-state index is 14.5. The van der Waals surface area contributed by atoms with Gasteiger partial charge in [0, 0.05) is 34.9 Å². The third kappa shape index (κ3) is 3.52. The molecule has 7 heteroatoms. The van der Waals surface area contributed by atoms with Crippen molar-refractivity contribution in [2.24, 2.45) is 0 Å². The highest BCUT2D eigenvalue weighted by Crippen LogP contribution is 2.21. The number of aromatic amines is 1. The first-order valence-electron chi connectivity index (χ1n) is 8.23. The van der Waals surface area contributed by atoms with E-state index in [1.807, 2.05) is 12.1 Å². The van der Waals surface area contributed by atoms with Gasteiger partial charge in [0.25, 0.3) is 0 Å². The summed E-state index contributed by atoms with van der Waals surface area (Å²) in [5.74, 6) is -0.914. The molecule has 27 heavy (non-hydrogen) atoms. The van der Waals surface area contributed by atoms with Crippen molar-refractivity contribution < 1.29 is 9.18 Å². The summed E-state index contributed by atoms with van der Waals surface area (Å²) in [5, 5.41) is 4.33. The molecule has 0 unspecified atom stereocenters. The molecule has 3 aromatic heterocycles. The maximum Gasteiger partial charge on any atom is 0.226 e. The molecule has 0 aliphatic carbocycles. The first-order chi connectivity index (χ1) is 13.1. The molecular formula is C20H14ClFN4O. The van der Waals surface area contributed by atoms with Gasteiger partial charge in [0.15, 0.2) is 5.78 Å². The summed E-state index contributed by atoms with van der Waals surface area (Å²) >= 11 is 5.85. The highest BCUT2D eigenvalue weighted by atomic mass is 35.5. The minimum atomic E-state index is -0.820. The summed E-state index contributed by atoms with van der Waals surface area (Å²) in [6.45, 7) is 0.463. The first-order valence-corrected chi connectivity index (χ1v) is 8.61. The molecular weight excluding hydrogens is 367 g/mol. The quantitative estimate of drug-likeness (QED) is 0.392. The summed E-state index contributed by atoms with van der Waals surface area (Å²) in [4.78, 5) is 23.6. The van der Waals surface area contributed by atoms with E-state index in [1.54, 1.807) is 36.5 Å². The van der Waals surface area contributed by atoms with E-state index in [2.05, 4.69) is 20.3 Å². The summed E-state index contributed by atoms with van der Waals surface area (Å²) in [5.41, 5.74) is 1.83. The van der Waals surface area contributed by atoms with Crippen molar-refractivity contribution in [1.29, 1.82) is 0 Å². The number of anilines is 1. The van der Waals surface area contributed by atoms with E-state index in [1.165, 1.54) is 12.3 Å². The van der Waals surface area contributed by atoms with Crippen LogP contribution >= 0.6 is 11.6 Å². The van der Waals surface area contributed by atoms with Gasteiger partial charge < -0.3 is 10.3 Å². The van der Waals surface area contributed by atoms with E-state index in [0.717, 1.165) is 5.56 Å². The largest absolute Gasteiger partial charge is 0.366 e. The van der Waals surface area contributed by atoms with Crippen molar-refractivity contribution in [2.75, 3.05) is 5.32 Å². The van der Waals surface area contributed by atoms with Crippen LogP contribution < -0.4 is 5.32 Å². The first kappa shape index (κ1) is 17.2. The molecule has 0 amide bonds. The number of rotatable bonds is 5. The van der Waals surface area contributed by atoms with E-state index in [9.17, 15) is 9.18 Å². The number of hydrogen-bond acceptors (Lipinski definition) is 4. The number of halogens is 2. The number of pyridine rings is 2. The van der Waals surface area contributed by atoms with Gasteiger partial charge >= 0.3 is 0 Å². The number of nitrogens with zero attached hydrogens (tertiary/aromatic N) is 2. The Morgan fingerprint density at radius 3 is 2.70 bits per heavy atom. The van der Waals surface area contributed by atoms with Crippen LogP contribution in [-0.2, 0) is 6.54 Å². The lowest BCUT2D eigenvalue weighted by Gasteiger charge is -2.08. The van der Waals surface area contributed by atoms with Crippen LogP contribution in [0.1, 0.15) is 21.5 Å². The van der Waals surface area contributed by atoms with Gasteiger partial charge in [-0.2, -0.15) is 4.39 Å². The van der Waals surface area contributed by atoms with Crippen LogP contribution in [0.15, 0.2) is 60.9 Å². The van der Waals surface area contributed by atoms with Crippen LogP contribution in [0, 0.1) is 5.95 Å². The standard InChI is InChI=1S/C20H14ClFN4O/c21-13-5-3-12(4-6-13)10-24-17-8-7-15(19(22)26-17)18(27)16-11-25-20-14(16)2-1-9-23-20/h1-9,11H,10H2,(H,23,25)(H,24,26). The van der Waals surface area contributed by atoms with Gasteiger partial charge in [-0.05, 0) is 42.0 Å². The molecule has 2 N–H and O–H groups in total. The number of carbonyl (C=O) groups excluding carboxylic acids is 1. The summed E-state index contributed by atoms with van der Waals surface area (Å²) in [6.07, 6.45) is 3.16. The zero-order chi connectivity index (χ0) is 18.8. The molecule has 5 nitrogen and oxygen atoms in total. The lowest BCUT2D eigenvalue weighted by atomic mass is 10.0. The van der Waals surface area contributed by atoms with Crippen LogP contribution in [0.25, 0.3) is 11.0 Å². The number of aromatic nitrogens is 3. The Morgan fingerprint density at radius 2 is 1.93 bits per heavy atom. The minimum absolute atomic E-state index is 0.0863. The Bertz CT molecular complexity index is 1120. The topological polar surface area (TPSA) is 70.7 Å². The predicted molar refractivity (Wildman–Crippen MR) is 102 cm³/mol. The zero-order valence-corrected chi connectivity index (χ0v) is 14.8. The van der Waals surface area contributed by atoms with Crippen LogP contribution in [0.4, 0.5) is 10.2 Å². The van der Waals surface area contributed by atoms with Gasteiger partial charge in [0.1, 0.15) is 11.5 Å². The minimum Gasteiger partial charge on any atom is -0.366 e. The number of ketones is 1. The number of hydrogen-bond donors (Lipinski definition) is 2. The highest BCUT2D eigenvalue weighted by Gasteiger charge is 2.19. The van der Waals surface area contributed by atoms with Gasteiger partial charge in [-0.3, -0.25) is 4.79 Å². The van der Waals surface area contributed by atoms with E-state index in [4.69, 9.17) is 11.6 Å². The van der Waals surface area contributed by atoms with Crippen LogP contribution in [0.5, 0.6) is 0 Å². The van der Waals surface area contributed by atoms with Crippen molar-refractivity contribution in [2.45, 2.75) is 6.54 Å². The maximum atomic E-state index is 14.5. The van der Waals surface area contributed by atoms with Gasteiger partial charge in [-0.1, -0.05) is 23.7 Å². The Hall–Kier alpha value is -3.25. The Kier molecular flexibility index (Phi) is 4.56. The summed E-state index contributed by atoms with van der Waals surface area (Å²) in [7, 11) is 0. The molecule has 0 saturated carbocycles. The summed E-state index contributed by atoms with van der Waals surface area (Å²) in [6, 6.07) is 13.8. The monoisotopic (exact) mass is 380 g/mol.